The molecule has 0 spiro atoms. The predicted molar refractivity (Wildman–Crippen MR) is 72.9 cm³/mol. The third-order valence-corrected chi connectivity index (χ3v) is 3.87. The van der Waals surface area contributed by atoms with E-state index in [1.54, 1.807) is 6.92 Å². The molecule has 1 fully saturated rings. The van der Waals surface area contributed by atoms with Gasteiger partial charge in [-0.2, -0.15) is 0 Å². The molecule has 2 atom stereocenters. The monoisotopic (exact) mass is 279 g/mol. The second-order valence-corrected chi connectivity index (χ2v) is 5.28. The lowest BCUT2D eigenvalue weighted by Gasteiger charge is -2.27. The average Bonchev–Trinajstić information content (AvgIpc) is 2.41. The van der Waals surface area contributed by atoms with E-state index in [-0.39, 0.29) is 11.7 Å². The van der Waals surface area contributed by atoms with Gasteiger partial charge < -0.3 is 10.4 Å². The van der Waals surface area contributed by atoms with E-state index >= 15 is 0 Å². The molecule has 0 saturated heterocycles. The highest BCUT2D eigenvalue weighted by Crippen LogP contribution is 2.31. The molecule has 20 heavy (non-hydrogen) atoms. The third-order valence-electron chi connectivity index (χ3n) is 3.87. The molecule has 2 unspecified atom stereocenters. The lowest BCUT2D eigenvalue weighted by Crippen LogP contribution is -2.36. The number of anilines is 1. The second-order valence-electron chi connectivity index (χ2n) is 5.28. The molecule has 1 aliphatic carbocycles. The zero-order valence-corrected chi connectivity index (χ0v) is 11.4. The van der Waals surface area contributed by atoms with E-state index < -0.39 is 17.8 Å². The van der Waals surface area contributed by atoms with Crippen molar-refractivity contribution in [2.45, 2.75) is 32.6 Å². The minimum Gasteiger partial charge on any atom is -0.481 e. The first-order chi connectivity index (χ1) is 9.49. The number of nitrogens with one attached hydrogen (secondary N) is 1. The smallest absolute Gasteiger partial charge is 0.307 e. The van der Waals surface area contributed by atoms with Crippen LogP contribution in [0.25, 0.3) is 0 Å². The Morgan fingerprint density at radius 3 is 2.50 bits per heavy atom. The summed E-state index contributed by atoms with van der Waals surface area (Å²) >= 11 is 0. The highest BCUT2D eigenvalue weighted by Gasteiger charge is 2.35. The number of benzene rings is 1. The molecule has 0 aliphatic heterocycles. The van der Waals surface area contributed by atoms with Crippen molar-refractivity contribution < 1.29 is 19.1 Å². The number of carboxylic acids is 1. The molecule has 1 aliphatic rings. The van der Waals surface area contributed by atoms with Crippen LogP contribution >= 0.6 is 0 Å². The molecule has 1 aromatic rings. The Morgan fingerprint density at radius 2 is 1.90 bits per heavy atom. The summed E-state index contributed by atoms with van der Waals surface area (Å²) in [5.74, 6) is -2.69. The summed E-state index contributed by atoms with van der Waals surface area (Å²) in [5, 5.41) is 11.9. The van der Waals surface area contributed by atoms with Crippen molar-refractivity contribution >= 4 is 17.6 Å². The first-order valence-electron chi connectivity index (χ1n) is 6.79. The molecule has 1 aromatic carbocycles. The quantitative estimate of drug-likeness (QED) is 0.894. The largest absolute Gasteiger partial charge is 0.481 e. The van der Waals surface area contributed by atoms with Crippen molar-refractivity contribution in [1.29, 1.82) is 0 Å². The van der Waals surface area contributed by atoms with Gasteiger partial charge in [0.15, 0.2) is 0 Å². The number of amides is 1. The molecule has 1 amide bonds. The number of carboxylic acid groups (broad SMARTS) is 1. The van der Waals surface area contributed by atoms with E-state index in [9.17, 15) is 19.1 Å². The molecule has 0 radical (unpaired) electrons. The standard InChI is InChI=1S/C15H18FNO3/c1-9-8-10(16)6-7-13(9)17-14(18)11-4-2-3-5-12(11)15(19)20/h6-8,11-12H,2-5H2,1H3,(H,17,18)(H,19,20). The highest BCUT2D eigenvalue weighted by molar-refractivity contribution is 5.95. The van der Waals surface area contributed by atoms with Crippen LogP contribution in [-0.2, 0) is 9.59 Å². The fraction of sp³-hybridized carbons (Fsp3) is 0.467. The van der Waals surface area contributed by atoms with Crippen LogP contribution in [0.15, 0.2) is 18.2 Å². The average molecular weight is 279 g/mol. The molecule has 0 heterocycles. The lowest BCUT2D eigenvalue weighted by atomic mass is 9.78. The van der Waals surface area contributed by atoms with Gasteiger partial charge in [0, 0.05) is 5.69 Å². The van der Waals surface area contributed by atoms with Gasteiger partial charge in [0.2, 0.25) is 5.91 Å². The first-order valence-corrected chi connectivity index (χ1v) is 6.79. The molecular weight excluding hydrogens is 261 g/mol. The molecule has 1 saturated carbocycles. The molecule has 2 N–H and O–H groups in total. The number of aliphatic carboxylic acids is 1. The maximum atomic E-state index is 13.0. The van der Waals surface area contributed by atoms with E-state index in [1.807, 2.05) is 0 Å². The number of carbonyl (C=O) groups is 2. The van der Waals surface area contributed by atoms with Crippen molar-refractivity contribution in [3.05, 3.63) is 29.6 Å². The second kappa shape index (κ2) is 6.03. The Labute approximate surface area is 117 Å². The summed E-state index contributed by atoms with van der Waals surface area (Å²) < 4.78 is 13.0. The lowest BCUT2D eigenvalue weighted by molar-refractivity contribution is -0.147. The number of halogens is 1. The highest BCUT2D eigenvalue weighted by atomic mass is 19.1. The van der Waals surface area contributed by atoms with Crippen LogP contribution in [0, 0.1) is 24.6 Å². The van der Waals surface area contributed by atoms with Crippen molar-refractivity contribution in [2.75, 3.05) is 5.32 Å². The number of aryl methyl sites for hydroxylation is 1. The number of rotatable bonds is 3. The molecule has 4 nitrogen and oxygen atoms in total. The maximum Gasteiger partial charge on any atom is 0.307 e. The Kier molecular flexibility index (Phi) is 4.37. The minimum absolute atomic E-state index is 0.285. The zero-order chi connectivity index (χ0) is 14.7. The molecule has 0 bridgehead atoms. The van der Waals surface area contributed by atoms with Crippen LogP contribution in [0.3, 0.4) is 0 Å². The van der Waals surface area contributed by atoms with Gasteiger partial charge in [-0.15, -0.1) is 0 Å². The van der Waals surface area contributed by atoms with Crippen LogP contribution in [0.5, 0.6) is 0 Å². The summed E-state index contributed by atoms with van der Waals surface area (Å²) in [6.45, 7) is 1.70. The Balaban J connectivity index is 2.12. The number of hydrogen-bond acceptors (Lipinski definition) is 2. The van der Waals surface area contributed by atoms with Crippen LogP contribution < -0.4 is 5.32 Å². The van der Waals surface area contributed by atoms with Gasteiger partial charge in [0.25, 0.3) is 0 Å². The van der Waals surface area contributed by atoms with Gasteiger partial charge >= 0.3 is 5.97 Å². The fourth-order valence-electron chi connectivity index (χ4n) is 2.73. The Bertz CT molecular complexity index is 530. The van der Waals surface area contributed by atoms with Crippen molar-refractivity contribution in [3.8, 4) is 0 Å². The molecule has 108 valence electrons. The topological polar surface area (TPSA) is 66.4 Å². The first kappa shape index (κ1) is 14.5. The third kappa shape index (κ3) is 3.15. The van der Waals surface area contributed by atoms with E-state index in [0.29, 0.717) is 24.1 Å². The summed E-state index contributed by atoms with van der Waals surface area (Å²) in [4.78, 5) is 23.5. The number of hydrogen-bond donors (Lipinski definition) is 2. The van der Waals surface area contributed by atoms with Crippen LogP contribution in [0.4, 0.5) is 10.1 Å². The minimum atomic E-state index is -0.916. The Hall–Kier alpha value is -1.91. The van der Waals surface area contributed by atoms with Crippen molar-refractivity contribution in [3.63, 3.8) is 0 Å². The van der Waals surface area contributed by atoms with E-state index in [4.69, 9.17) is 0 Å². The van der Waals surface area contributed by atoms with E-state index in [1.165, 1.54) is 18.2 Å². The molecule has 5 heteroatoms. The zero-order valence-electron chi connectivity index (χ0n) is 11.4. The van der Waals surface area contributed by atoms with Gasteiger partial charge in [-0.25, -0.2) is 4.39 Å². The van der Waals surface area contributed by atoms with Gasteiger partial charge in [0.1, 0.15) is 5.82 Å². The fourth-order valence-corrected chi connectivity index (χ4v) is 2.73. The van der Waals surface area contributed by atoms with Crippen LogP contribution in [0.1, 0.15) is 31.2 Å². The van der Waals surface area contributed by atoms with Gasteiger partial charge in [-0.3, -0.25) is 9.59 Å². The number of carbonyl (C=O) groups excluding carboxylic acids is 1. The predicted octanol–water partition coefficient (Wildman–Crippen LogP) is 2.96. The summed E-state index contributed by atoms with van der Waals surface area (Å²) in [6, 6.07) is 4.12. The van der Waals surface area contributed by atoms with Crippen molar-refractivity contribution in [1.82, 2.24) is 0 Å². The van der Waals surface area contributed by atoms with Gasteiger partial charge in [-0.1, -0.05) is 12.8 Å². The van der Waals surface area contributed by atoms with Crippen LogP contribution in [0.2, 0.25) is 0 Å². The summed E-state index contributed by atoms with van der Waals surface area (Å²) in [6.07, 6.45) is 2.83. The SMILES string of the molecule is Cc1cc(F)ccc1NC(=O)C1CCCCC1C(=O)O. The molecular formula is C15H18FNO3. The van der Waals surface area contributed by atoms with Crippen LogP contribution in [-0.4, -0.2) is 17.0 Å². The van der Waals surface area contributed by atoms with Crippen molar-refractivity contribution in [2.24, 2.45) is 11.8 Å². The van der Waals surface area contributed by atoms with Gasteiger partial charge in [-0.05, 0) is 43.5 Å². The van der Waals surface area contributed by atoms with E-state index in [0.717, 1.165) is 12.8 Å². The molecule has 0 aromatic heterocycles. The van der Waals surface area contributed by atoms with Gasteiger partial charge in [0.05, 0.1) is 11.8 Å². The molecule has 2 rings (SSSR count). The summed E-state index contributed by atoms with van der Waals surface area (Å²) in [5.41, 5.74) is 1.16. The maximum absolute atomic E-state index is 13.0. The Morgan fingerprint density at radius 1 is 1.25 bits per heavy atom. The summed E-state index contributed by atoms with van der Waals surface area (Å²) in [7, 11) is 0. The van der Waals surface area contributed by atoms with E-state index in [2.05, 4.69) is 5.32 Å². The normalized spacial score (nSPS) is 22.3.